The Morgan fingerprint density at radius 3 is 2.95 bits per heavy atom. The molecule has 2 aromatic heterocycles. The quantitative estimate of drug-likeness (QED) is 0.910. The molecule has 1 fully saturated rings. The lowest BCUT2D eigenvalue weighted by atomic mass is 10.1. The van der Waals surface area contributed by atoms with Crippen LogP contribution in [0.15, 0.2) is 24.8 Å². The molecule has 0 saturated carbocycles. The second-order valence-corrected chi connectivity index (χ2v) is 6.73. The van der Waals surface area contributed by atoms with E-state index in [1.54, 1.807) is 24.8 Å². The minimum atomic E-state index is -3.22. The number of rotatable bonds is 3. The van der Waals surface area contributed by atoms with Gasteiger partial charge in [-0.3, -0.25) is 4.98 Å². The molecule has 1 unspecified atom stereocenters. The summed E-state index contributed by atoms with van der Waals surface area (Å²) in [5, 5.41) is 0. The molecule has 1 atom stereocenters. The highest BCUT2D eigenvalue weighted by atomic mass is 32.2. The van der Waals surface area contributed by atoms with Crippen LogP contribution in [-0.2, 0) is 10.0 Å². The molecule has 106 valence electrons. The van der Waals surface area contributed by atoms with Crippen LogP contribution in [0.1, 0.15) is 24.6 Å². The highest BCUT2D eigenvalue weighted by Crippen LogP contribution is 2.32. The number of nitrogens with zero attached hydrogens (tertiary/aromatic N) is 4. The molecule has 0 aromatic carbocycles. The lowest BCUT2D eigenvalue weighted by Gasteiger charge is -2.21. The lowest BCUT2D eigenvalue weighted by molar-refractivity contribution is 0.393. The summed E-state index contributed by atoms with van der Waals surface area (Å²) in [5.74, 6) is 0.628. The van der Waals surface area contributed by atoms with Crippen molar-refractivity contribution in [3.63, 3.8) is 0 Å². The number of sulfonamides is 1. The average molecular weight is 293 g/mol. The number of hydrogen-bond acceptors (Lipinski definition) is 5. The van der Waals surface area contributed by atoms with Crippen molar-refractivity contribution >= 4 is 10.0 Å². The predicted molar refractivity (Wildman–Crippen MR) is 73.1 cm³/mol. The van der Waals surface area contributed by atoms with Crippen LogP contribution in [0.2, 0.25) is 0 Å². The first kappa shape index (κ1) is 13.2. The average Bonchev–Trinajstić information content (AvgIpc) is 3.10. The maximum Gasteiger partial charge on any atom is 0.211 e. The number of aromatic amines is 1. The molecule has 1 N–H and O–H groups in total. The Morgan fingerprint density at radius 1 is 1.40 bits per heavy atom. The van der Waals surface area contributed by atoms with Gasteiger partial charge in [0.2, 0.25) is 10.0 Å². The molecule has 0 amide bonds. The Balaban J connectivity index is 1.97. The van der Waals surface area contributed by atoms with Crippen molar-refractivity contribution < 1.29 is 8.42 Å². The molecule has 7 nitrogen and oxygen atoms in total. The lowest BCUT2D eigenvalue weighted by Crippen LogP contribution is -2.30. The first-order chi connectivity index (χ1) is 9.55. The molecule has 0 radical (unpaired) electrons. The number of imidazole rings is 1. The van der Waals surface area contributed by atoms with Gasteiger partial charge in [0.05, 0.1) is 30.4 Å². The van der Waals surface area contributed by atoms with E-state index in [4.69, 9.17) is 0 Å². The molecule has 1 aliphatic heterocycles. The molecular weight excluding hydrogens is 278 g/mol. The van der Waals surface area contributed by atoms with Gasteiger partial charge in [-0.25, -0.2) is 18.4 Å². The van der Waals surface area contributed by atoms with Crippen LogP contribution in [0.3, 0.4) is 0 Å². The van der Waals surface area contributed by atoms with Gasteiger partial charge in [0, 0.05) is 18.9 Å². The summed E-state index contributed by atoms with van der Waals surface area (Å²) < 4.78 is 25.1. The third-order valence-electron chi connectivity index (χ3n) is 3.37. The van der Waals surface area contributed by atoms with Gasteiger partial charge >= 0.3 is 0 Å². The first-order valence-corrected chi connectivity index (χ1v) is 8.19. The summed E-state index contributed by atoms with van der Waals surface area (Å²) in [5.41, 5.74) is 1.29. The van der Waals surface area contributed by atoms with E-state index in [1.165, 1.54) is 10.6 Å². The van der Waals surface area contributed by atoms with Gasteiger partial charge < -0.3 is 4.98 Å². The number of aromatic nitrogens is 4. The molecule has 0 aliphatic carbocycles. The highest BCUT2D eigenvalue weighted by molar-refractivity contribution is 7.88. The highest BCUT2D eigenvalue weighted by Gasteiger charge is 2.33. The largest absolute Gasteiger partial charge is 0.343 e. The van der Waals surface area contributed by atoms with Gasteiger partial charge in [0.25, 0.3) is 0 Å². The summed E-state index contributed by atoms with van der Waals surface area (Å²) in [6.07, 6.45) is 9.43. The van der Waals surface area contributed by atoms with Crippen molar-refractivity contribution in [3.05, 3.63) is 30.5 Å². The monoisotopic (exact) mass is 293 g/mol. The van der Waals surface area contributed by atoms with Crippen LogP contribution in [0.25, 0.3) is 11.5 Å². The van der Waals surface area contributed by atoms with Crippen LogP contribution in [-0.4, -0.2) is 45.5 Å². The zero-order chi connectivity index (χ0) is 14.2. The van der Waals surface area contributed by atoms with E-state index in [1.807, 2.05) is 0 Å². The van der Waals surface area contributed by atoms with E-state index < -0.39 is 10.0 Å². The Morgan fingerprint density at radius 2 is 2.25 bits per heavy atom. The normalized spacial score (nSPS) is 20.4. The zero-order valence-corrected chi connectivity index (χ0v) is 11.8. The number of nitrogens with one attached hydrogen (secondary N) is 1. The summed E-state index contributed by atoms with van der Waals surface area (Å²) in [4.78, 5) is 15.8. The second kappa shape index (κ2) is 4.95. The van der Waals surface area contributed by atoms with Crippen molar-refractivity contribution in [2.45, 2.75) is 18.9 Å². The van der Waals surface area contributed by atoms with E-state index in [-0.39, 0.29) is 6.04 Å². The molecule has 2 aromatic rings. The van der Waals surface area contributed by atoms with E-state index in [0.717, 1.165) is 12.8 Å². The summed E-state index contributed by atoms with van der Waals surface area (Å²) in [6.45, 7) is 0.538. The molecule has 1 aliphatic rings. The third-order valence-corrected chi connectivity index (χ3v) is 4.65. The zero-order valence-electron chi connectivity index (χ0n) is 11.0. The summed E-state index contributed by atoms with van der Waals surface area (Å²) >= 11 is 0. The Labute approximate surface area is 117 Å². The maximum absolute atomic E-state index is 11.8. The van der Waals surface area contributed by atoms with Crippen molar-refractivity contribution in [3.8, 4) is 11.5 Å². The molecule has 3 heterocycles. The molecular formula is C12H15N5O2S. The Bertz CT molecular complexity index is 698. The van der Waals surface area contributed by atoms with Gasteiger partial charge in [0.15, 0.2) is 5.82 Å². The fourth-order valence-electron chi connectivity index (χ4n) is 2.49. The van der Waals surface area contributed by atoms with Crippen LogP contribution < -0.4 is 0 Å². The van der Waals surface area contributed by atoms with E-state index >= 15 is 0 Å². The Hall–Kier alpha value is -1.80. The van der Waals surface area contributed by atoms with Crippen LogP contribution >= 0.6 is 0 Å². The SMILES string of the molecule is CS(=O)(=O)N1CCCC1c1cncc(-c2ncc[nH]2)n1. The molecule has 1 saturated heterocycles. The van der Waals surface area contributed by atoms with Crippen LogP contribution in [0.5, 0.6) is 0 Å². The second-order valence-electron chi connectivity index (χ2n) is 4.80. The molecule has 20 heavy (non-hydrogen) atoms. The van der Waals surface area contributed by atoms with Gasteiger partial charge in [-0.2, -0.15) is 4.31 Å². The Kier molecular flexibility index (Phi) is 3.27. The maximum atomic E-state index is 11.8. The van der Waals surface area contributed by atoms with Crippen molar-refractivity contribution in [2.24, 2.45) is 0 Å². The van der Waals surface area contributed by atoms with Crippen molar-refractivity contribution in [1.82, 2.24) is 24.2 Å². The van der Waals surface area contributed by atoms with Crippen LogP contribution in [0, 0.1) is 0 Å². The van der Waals surface area contributed by atoms with Crippen molar-refractivity contribution in [1.29, 1.82) is 0 Å². The first-order valence-electron chi connectivity index (χ1n) is 6.34. The third kappa shape index (κ3) is 2.44. The molecule has 0 bridgehead atoms. The fourth-order valence-corrected chi connectivity index (χ4v) is 3.63. The summed E-state index contributed by atoms with van der Waals surface area (Å²) in [7, 11) is -3.22. The smallest absolute Gasteiger partial charge is 0.211 e. The van der Waals surface area contributed by atoms with Gasteiger partial charge in [-0.05, 0) is 12.8 Å². The van der Waals surface area contributed by atoms with E-state index in [9.17, 15) is 8.42 Å². The van der Waals surface area contributed by atoms with Crippen LogP contribution in [0.4, 0.5) is 0 Å². The number of H-pyrrole nitrogens is 1. The standard InChI is InChI=1S/C12H15N5O2S/c1-20(18,19)17-6-2-3-11(17)9-7-13-8-10(16-9)12-14-4-5-15-12/h4-5,7-8,11H,2-3,6H2,1H3,(H,14,15). The van der Waals surface area contributed by atoms with E-state index in [0.29, 0.717) is 23.8 Å². The van der Waals surface area contributed by atoms with Gasteiger partial charge in [0.1, 0.15) is 5.69 Å². The minimum absolute atomic E-state index is 0.229. The van der Waals surface area contributed by atoms with Gasteiger partial charge in [-0.1, -0.05) is 0 Å². The van der Waals surface area contributed by atoms with E-state index in [2.05, 4.69) is 19.9 Å². The minimum Gasteiger partial charge on any atom is -0.343 e. The number of hydrogen-bond donors (Lipinski definition) is 1. The summed E-state index contributed by atoms with van der Waals surface area (Å²) in [6, 6.07) is -0.229. The van der Waals surface area contributed by atoms with Gasteiger partial charge in [-0.15, -0.1) is 0 Å². The molecule has 0 spiro atoms. The molecule has 8 heteroatoms. The predicted octanol–water partition coefficient (Wildman–Crippen LogP) is 0.963. The van der Waals surface area contributed by atoms with Crippen molar-refractivity contribution in [2.75, 3.05) is 12.8 Å². The molecule has 3 rings (SSSR count). The fraction of sp³-hybridized carbons (Fsp3) is 0.417. The topological polar surface area (TPSA) is 91.8 Å².